The fraction of sp³-hybridized carbons (Fsp3) is 0.412. The van der Waals surface area contributed by atoms with Gasteiger partial charge in [-0.3, -0.25) is 0 Å². The number of nitrogens with zero attached hydrogens (tertiary/aromatic N) is 5. The quantitative estimate of drug-likeness (QED) is 0.483. The Balaban J connectivity index is 1.77. The zero-order chi connectivity index (χ0) is 16.1. The van der Waals surface area contributed by atoms with Gasteiger partial charge in [0.1, 0.15) is 30.2 Å². The van der Waals surface area contributed by atoms with E-state index in [2.05, 4.69) is 32.1 Å². The first-order valence-electron chi connectivity index (χ1n) is 7.74. The van der Waals surface area contributed by atoms with E-state index in [1.165, 1.54) is 19.2 Å². The highest BCUT2D eigenvalue weighted by atomic mass is 16.6. The molecule has 1 saturated carbocycles. The van der Waals surface area contributed by atoms with Crippen molar-refractivity contribution in [2.24, 2.45) is 11.1 Å². The van der Waals surface area contributed by atoms with E-state index >= 15 is 0 Å². The first-order chi connectivity index (χ1) is 11.2. The van der Waals surface area contributed by atoms with Crippen LogP contribution >= 0.6 is 0 Å². The highest BCUT2D eigenvalue weighted by Gasteiger charge is 2.17. The van der Waals surface area contributed by atoms with Gasteiger partial charge in [-0.25, -0.2) is 14.6 Å². The molecule has 0 unspecified atom stereocenters. The second-order valence-electron chi connectivity index (χ2n) is 5.76. The standard InChI is InChI=1S/C17H19N5O/c1-13(2)23-21-17(10-22-12-18-11-20-22)15-6-8-16(19-9-15)7-5-14-3-4-14/h6,8-9,11-14H,3-4,10H2,1-2H3. The molecule has 2 aromatic heterocycles. The van der Waals surface area contributed by atoms with Crippen molar-refractivity contribution in [1.29, 1.82) is 0 Å². The number of rotatable bonds is 5. The summed E-state index contributed by atoms with van der Waals surface area (Å²) in [5.41, 5.74) is 2.42. The van der Waals surface area contributed by atoms with Crippen molar-refractivity contribution in [2.45, 2.75) is 39.3 Å². The van der Waals surface area contributed by atoms with E-state index in [0.717, 1.165) is 17.0 Å². The van der Waals surface area contributed by atoms with Crippen LogP contribution in [0.25, 0.3) is 0 Å². The van der Waals surface area contributed by atoms with E-state index in [1.54, 1.807) is 17.2 Å². The van der Waals surface area contributed by atoms with Crippen LogP contribution in [0.1, 0.15) is 37.9 Å². The van der Waals surface area contributed by atoms with Gasteiger partial charge in [0.15, 0.2) is 0 Å². The van der Waals surface area contributed by atoms with Crippen LogP contribution in [0.5, 0.6) is 0 Å². The van der Waals surface area contributed by atoms with E-state index in [-0.39, 0.29) is 6.10 Å². The van der Waals surface area contributed by atoms with Gasteiger partial charge in [-0.15, -0.1) is 0 Å². The van der Waals surface area contributed by atoms with Crippen molar-refractivity contribution < 1.29 is 4.84 Å². The maximum absolute atomic E-state index is 5.40. The van der Waals surface area contributed by atoms with Crippen molar-refractivity contribution >= 4 is 5.71 Å². The lowest BCUT2D eigenvalue weighted by Gasteiger charge is -2.08. The normalized spacial score (nSPS) is 14.5. The van der Waals surface area contributed by atoms with Crippen LogP contribution in [0.4, 0.5) is 0 Å². The van der Waals surface area contributed by atoms with Crippen LogP contribution in [0.15, 0.2) is 36.1 Å². The van der Waals surface area contributed by atoms with Crippen LogP contribution in [0, 0.1) is 17.8 Å². The minimum absolute atomic E-state index is 0.0115. The molecule has 23 heavy (non-hydrogen) atoms. The molecule has 1 aliphatic carbocycles. The summed E-state index contributed by atoms with van der Waals surface area (Å²) < 4.78 is 1.70. The second-order valence-corrected chi connectivity index (χ2v) is 5.76. The van der Waals surface area contributed by atoms with Crippen molar-refractivity contribution in [1.82, 2.24) is 19.7 Å². The molecule has 0 aliphatic heterocycles. The fourth-order valence-corrected chi connectivity index (χ4v) is 1.85. The Morgan fingerprint density at radius 2 is 2.30 bits per heavy atom. The van der Waals surface area contributed by atoms with Gasteiger partial charge in [0.05, 0.1) is 6.54 Å². The Bertz CT molecular complexity index is 719. The van der Waals surface area contributed by atoms with Crippen LogP contribution in [0.2, 0.25) is 0 Å². The molecule has 0 N–H and O–H groups in total. The van der Waals surface area contributed by atoms with E-state index in [9.17, 15) is 0 Å². The van der Waals surface area contributed by atoms with Crippen LogP contribution < -0.4 is 0 Å². The smallest absolute Gasteiger partial charge is 0.137 e. The molecule has 2 aromatic rings. The van der Waals surface area contributed by atoms with Crippen LogP contribution in [-0.2, 0) is 11.4 Å². The molecule has 1 aliphatic rings. The number of hydrogen-bond donors (Lipinski definition) is 0. The van der Waals surface area contributed by atoms with Crippen LogP contribution in [-0.4, -0.2) is 31.6 Å². The minimum Gasteiger partial charge on any atom is -0.393 e. The predicted molar refractivity (Wildman–Crippen MR) is 86.6 cm³/mol. The molecular formula is C17H19N5O. The molecule has 0 atom stereocenters. The van der Waals surface area contributed by atoms with Crippen LogP contribution in [0.3, 0.4) is 0 Å². The molecule has 0 saturated heterocycles. The summed E-state index contributed by atoms with van der Waals surface area (Å²) in [5.74, 6) is 6.89. The molecule has 0 bridgehead atoms. The summed E-state index contributed by atoms with van der Waals surface area (Å²) in [6.45, 7) is 4.35. The van der Waals surface area contributed by atoms with E-state index in [1.807, 2.05) is 26.0 Å². The monoisotopic (exact) mass is 309 g/mol. The highest BCUT2D eigenvalue weighted by molar-refractivity contribution is 5.99. The molecule has 118 valence electrons. The van der Waals surface area contributed by atoms with Crippen molar-refractivity contribution in [3.63, 3.8) is 0 Å². The molecule has 0 spiro atoms. The summed E-state index contributed by atoms with van der Waals surface area (Å²) in [6, 6.07) is 3.88. The lowest BCUT2D eigenvalue weighted by molar-refractivity contribution is 0.0854. The fourth-order valence-electron chi connectivity index (χ4n) is 1.85. The third-order valence-corrected chi connectivity index (χ3v) is 3.23. The first-order valence-corrected chi connectivity index (χ1v) is 7.74. The molecule has 1 fully saturated rings. The van der Waals surface area contributed by atoms with Gasteiger partial charge >= 0.3 is 0 Å². The zero-order valence-electron chi connectivity index (χ0n) is 13.3. The third kappa shape index (κ3) is 4.65. The average Bonchev–Trinajstić information content (AvgIpc) is 3.24. The summed E-state index contributed by atoms with van der Waals surface area (Å²) >= 11 is 0. The third-order valence-electron chi connectivity index (χ3n) is 3.23. The molecule has 3 rings (SSSR count). The van der Waals surface area contributed by atoms with Gasteiger partial charge < -0.3 is 4.84 Å². The summed E-state index contributed by atoms with van der Waals surface area (Å²) in [4.78, 5) is 13.7. The summed E-state index contributed by atoms with van der Waals surface area (Å²) in [6.07, 6.45) is 7.36. The van der Waals surface area contributed by atoms with E-state index in [0.29, 0.717) is 12.5 Å². The van der Waals surface area contributed by atoms with Gasteiger partial charge in [-0.2, -0.15) is 5.10 Å². The molecule has 0 radical (unpaired) electrons. The van der Waals surface area contributed by atoms with Gasteiger partial charge in [0.25, 0.3) is 0 Å². The Labute approximate surface area is 135 Å². The summed E-state index contributed by atoms with van der Waals surface area (Å²) in [5, 5.41) is 8.34. The lowest BCUT2D eigenvalue weighted by Crippen LogP contribution is -2.14. The SMILES string of the molecule is CC(C)ON=C(Cn1cncn1)c1ccc(C#CC2CC2)nc1. The van der Waals surface area contributed by atoms with Crippen molar-refractivity contribution in [3.8, 4) is 11.8 Å². The number of oxime groups is 1. The largest absolute Gasteiger partial charge is 0.393 e. The number of aromatic nitrogens is 4. The van der Waals surface area contributed by atoms with Gasteiger partial charge in [0.2, 0.25) is 0 Å². The highest BCUT2D eigenvalue weighted by Crippen LogP contribution is 2.27. The molecule has 2 heterocycles. The maximum atomic E-state index is 5.40. The Kier molecular flexibility index (Phi) is 4.67. The average molecular weight is 309 g/mol. The zero-order valence-corrected chi connectivity index (χ0v) is 13.3. The van der Waals surface area contributed by atoms with E-state index in [4.69, 9.17) is 4.84 Å². The Hall–Kier alpha value is -2.68. The van der Waals surface area contributed by atoms with Gasteiger partial charge in [-0.1, -0.05) is 11.1 Å². The predicted octanol–water partition coefficient (Wildman–Crippen LogP) is 2.26. The maximum Gasteiger partial charge on any atom is 0.137 e. The number of hydrogen-bond acceptors (Lipinski definition) is 5. The molecule has 0 aromatic carbocycles. The molecular weight excluding hydrogens is 290 g/mol. The Morgan fingerprint density at radius 3 is 2.91 bits per heavy atom. The van der Waals surface area contributed by atoms with Gasteiger partial charge in [0, 0.05) is 17.7 Å². The number of pyridine rings is 1. The second kappa shape index (κ2) is 7.05. The molecule has 0 amide bonds. The summed E-state index contributed by atoms with van der Waals surface area (Å²) in [7, 11) is 0. The van der Waals surface area contributed by atoms with Crippen molar-refractivity contribution in [3.05, 3.63) is 42.2 Å². The topological polar surface area (TPSA) is 65.2 Å². The lowest BCUT2D eigenvalue weighted by atomic mass is 10.1. The van der Waals surface area contributed by atoms with Gasteiger partial charge in [-0.05, 0) is 44.7 Å². The molecule has 6 heteroatoms. The minimum atomic E-state index is 0.0115. The first kappa shape index (κ1) is 15.2. The Morgan fingerprint density at radius 1 is 1.43 bits per heavy atom. The molecule has 6 nitrogen and oxygen atoms in total. The van der Waals surface area contributed by atoms with Crippen molar-refractivity contribution in [2.75, 3.05) is 0 Å². The van der Waals surface area contributed by atoms with E-state index < -0.39 is 0 Å².